The zero-order valence-electron chi connectivity index (χ0n) is 10.7. The molecule has 2 rings (SSSR count). The van der Waals surface area contributed by atoms with E-state index in [1.54, 1.807) is 19.2 Å². The maximum atomic E-state index is 11.1. The second-order valence-corrected chi connectivity index (χ2v) is 3.82. The van der Waals surface area contributed by atoms with E-state index in [1.165, 1.54) is 6.08 Å². The van der Waals surface area contributed by atoms with Gasteiger partial charge < -0.3 is 9.47 Å². The molecule has 0 bridgehead atoms. The summed E-state index contributed by atoms with van der Waals surface area (Å²) in [7, 11) is 0. The zero-order valence-corrected chi connectivity index (χ0v) is 10.7. The van der Waals surface area contributed by atoms with Gasteiger partial charge in [0.05, 0.1) is 12.1 Å². The van der Waals surface area contributed by atoms with Crippen molar-refractivity contribution in [3.8, 4) is 5.75 Å². The number of fused-ring (bicyclic) bond motifs is 1. The Morgan fingerprint density at radius 1 is 1.37 bits per heavy atom. The molecule has 2 aromatic rings. The number of carbonyl (C=O) groups excluding carboxylic acids is 1. The van der Waals surface area contributed by atoms with Crippen molar-refractivity contribution in [3.63, 3.8) is 0 Å². The van der Waals surface area contributed by atoms with E-state index in [9.17, 15) is 4.79 Å². The van der Waals surface area contributed by atoms with Crippen LogP contribution in [0.5, 0.6) is 5.75 Å². The molecule has 0 saturated carbocycles. The molecule has 0 fully saturated rings. The molecule has 0 aliphatic carbocycles. The van der Waals surface area contributed by atoms with Crippen LogP contribution in [0.15, 0.2) is 48.7 Å². The van der Waals surface area contributed by atoms with Crippen molar-refractivity contribution < 1.29 is 14.3 Å². The van der Waals surface area contributed by atoms with Crippen LogP contribution in [-0.2, 0) is 9.53 Å². The Kier molecular flexibility index (Phi) is 4.50. The number of hydrogen-bond acceptors (Lipinski definition) is 4. The Bertz CT molecular complexity index is 593. The van der Waals surface area contributed by atoms with Gasteiger partial charge in [0.2, 0.25) is 0 Å². The smallest absolute Gasteiger partial charge is 0.330 e. The number of carbonyl (C=O) groups is 1. The van der Waals surface area contributed by atoms with Gasteiger partial charge in [0.15, 0.2) is 0 Å². The number of esters is 1. The zero-order chi connectivity index (χ0) is 13.5. The molecular weight excluding hydrogens is 242 g/mol. The fourth-order valence-corrected chi connectivity index (χ4v) is 1.62. The van der Waals surface area contributed by atoms with Gasteiger partial charge in [-0.15, -0.1) is 0 Å². The standard InChI is InChI=1S/C15H15NO3/c1-2-18-15(17)6-4-10-19-13-8-7-12-5-3-9-16-14(12)11-13/h3-9,11H,2,10H2,1H3/b6-4+. The van der Waals surface area contributed by atoms with Crippen LogP contribution >= 0.6 is 0 Å². The van der Waals surface area contributed by atoms with Crippen molar-refractivity contribution in [1.29, 1.82) is 0 Å². The normalized spacial score (nSPS) is 10.8. The molecule has 0 N–H and O–H groups in total. The highest BCUT2D eigenvalue weighted by Crippen LogP contribution is 2.18. The summed E-state index contributed by atoms with van der Waals surface area (Å²) in [5.74, 6) is 0.367. The maximum absolute atomic E-state index is 11.1. The second kappa shape index (κ2) is 6.54. The first kappa shape index (κ1) is 13.1. The van der Waals surface area contributed by atoms with Gasteiger partial charge in [0.25, 0.3) is 0 Å². The van der Waals surface area contributed by atoms with E-state index in [-0.39, 0.29) is 5.97 Å². The van der Waals surface area contributed by atoms with Crippen LogP contribution in [0, 0.1) is 0 Å². The third-order valence-electron chi connectivity index (χ3n) is 2.46. The van der Waals surface area contributed by atoms with E-state index in [2.05, 4.69) is 4.98 Å². The average Bonchev–Trinajstić information content (AvgIpc) is 2.44. The maximum Gasteiger partial charge on any atom is 0.330 e. The molecular formula is C15H15NO3. The highest BCUT2D eigenvalue weighted by atomic mass is 16.5. The third-order valence-corrected chi connectivity index (χ3v) is 2.46. The minimum atomic E-state index is -0.355. The predicted molar refractivity (Wildman–Crippen MR) is 73.0 cm³/mol. The average molecular weight is 257 g/mol. The lowest BCUT2D eigenvalue weighted by atomic mass is 10.2. The fraction of sp³-hybridized carbons (Fsp3) is 0.200. The number of rotatable bonds is 5. The SMILES string of the molecule is CCOC(=O)/C=C/COc1ccc2cccnc2c1. The molecule has 0 saturated heterocycles. The molecule has 1 aromatic heterocycles. The molecule has 0 spiro atoms. The Labute approximate surface area is 111 Å². The molecule has 0 aliphatic rings. The van der Waals surface area contributed by atoms with Crippen LogP contribution in [0.2, 0.25) is 0 Å². The first-order valence-corrected chi connectivity index (χ1v) is 6.10. The van der Waals surface area contributed by atoms with E-state index in [0.717, 1.165) is 16.7 Å². The summed E-state index contributed by atoms with van der Waals surface area (Å²) in [6.45, 7) is 2.46. The Morgan fingerprint density at radius 3 is 3.11 bits per heavy atom. The van der Waals surface area contributed by atoms with Crippen LogP contribution in [0.3, 0.4) is 0 Å². The summed E-state index contributed by atoms with van der Waals surface area (Å²) in [5.41, 5.74) is 0.884. The minimum Gasteiger partial charge on any atom is -0.489 e. The van der Waals surface area contributed by atoms with Gasteiger partial charge in [0, 0.05) is 23.7 Å². The molecule has 0 radical (unpaired) electrons. The van der Waals surface area contributed by atoms with E-state index in [1.807, 2.05) is 30.3 Å². The van der Waals surface area contributed by atoms with Crippen molar-refractivity contribution in [1.82, 2.24) is 4.98 Å². The lowest BCUT2D eigenvalue weighted by molar-refractivity contribution is -0.137. The predicted octanol–water partition coefficient (Wildman–Crippen LogP) is 2.73. The van der Waals surface area contributed by atoms with Crippen molar-refractivity contribution in [2.24, 2.45) is 0 Å². The summed E-state index contributed by atoms with van der Waals surface area (Å²) < 4.78 is 10.3. The second-order valence-electron chi connectivity index (χ2n) is 3.82. The number of pyridine rings is 1. The summed E-state index contributed by atoms with van der Waals surface area (Å²) in [6, 6.07) is 9.58. The Morgan fingerprint density at radius 2 is 2.26 bits per heavy atom. The lowest BCUT2D eigenvalue weighted by Crippen LogP contribution is -2.00. The molecule has 1 heterocycles. The topological polar surface area (TPSA) is 48.4 Å². The highest BCUT2D eigenvalue weighted by molar-refractivity contribution is 5.82. The summed E-state index contributed by atoms with van der Waals surface area (Å²) >= 11 is 0. The van der Waals surface area contributed by atoms with Crippen LogP contribution in [0.4, 0.5) is 0 Å². The van der Waals surface area contributed by atoms with Gasteiger partial charge in [-0.05, 0) is 31.2 Å². The van der Waals surface area contributed by atoms with Crippen molar-refractivity contribution in [2.75, 3.05) is 13.2 Å². The molecule has 19 heavy (non-hydrogen) atoms. The Balaban J connectivity index is 1.93. The molecule has 0 amide bonds. The molecule has 4 nitrogen and oxygen atoms in total. The first-order chi connectivity index (χ1) is 9.29. The van der Waals surface area contributed by atoms with Crippen LogP contribution < -0.4 is 4.74 Å². The van der Waals surface area contributed by atoms with Gasteiger partial charge in [-0.3, -0.25) is 4.98 Å². The minimum absolute atomic E-state index is 0.317. The third kappa shape index (κ3) is 3.81. The molecule has 1 aromatic carbocycles. The van der Waals surface area contributed by atoms with Gasteiger partial charge in [-0.1, -0.05) is 6.07 Å². The monoisotopic (exact) mass is 257 g/mol. The largest absolute Gasteiger partial charge is 0.489 e. The molecule has 0 atom stereocenters. The van der Waals surface area contributed by atoms with E-state index in [4.69, 9.17) is 9.47 Å². The number of aromatic nitrogens is 1. The van der Waals surface area contributed by atoms with Gasteiger partial charge in [-0.25, -0.2) is 4.79 Å². The quantitative estimate of drug-likeness (QED) is 0.610. The van der Waals surface area contributed by atoms with Crippen LogP contribution in [0.1, 0.15) is 6.92 Å². The highest BCUT2D eigenvalue weighted by Gasteiger charge is 1.97. The number of ether oxygens (including phenoxy) is 2. The van der Waals surface area contributed by atoms with Crippen LogP contribution in [0.25, 0.3) is 10.9 Å². The van der Waals surface area contributed by atoms with Crippen molar-refractivity contribution in [3.05, 3.63) is 48.7 Å². The van der Waals surface area contributed by atoms with Crippen LogP contribution in [-0.4, -0.2) is 24.2 Å². The molecule has 0 aliphatic heterocycles. The van der Waals surface area contributed by atoms with Gasteiger partial charge in [0.1, 0.15) is 12.4 Å². The molecule has 98 valence electrons. The van der Waals surface area contributed by atoms with Gasteiger partial charge in [-0.2, -0.15) is 0 Å². The van der Waals surface area contributed by atoms with E-state index < -0.39 is 0 Å². The lowest BCUT2D eigenvalue weighted by Gasteiger charge is -2.04. The van der Waals surface area contributed by atoms with Gasteiger partial charge >= 0.3 is 5.97 Å². The van der Waals surface area contributed by atoms with E-state index in [0.29, 0.717) is 13.2 Å². The first-order valence-electron chi connectivity index (χ1n) is 6.10. The molecule has 4 heteroatoms. The number of hydrogen-bond donors (Lipinski definition) is 0. The Hall–Kier alpha value is -2.36. The number of nitrogens with zero attached hydrogens (tertiary/aromatic N) is 1. The summed E-state index contributed by atoms with van der Waals surface area (Å²) in [5, 5.41) is 1.07. The summed E-state index contributed by atoms with van der Waals surface area (Å²) in [4.78, 5) is 15.3. The van der Waals surface area contributed by atoms with Crippen molar-refractivity contribution >= 4 is 16.9 Å². The fourth-order valence-electron chi connectivity index (χ4n) is 1.62. The molecule has 0 unspecified atom stereocenters. The van der Waals surface area contributed by atoms with Crippen molar-refractivity contribution in [2.45, 2.75) is 6.92 Å². The summed E-state index contributed by atoms with van der Waals surface area (Å²) in [6.07, 6.45) is 4.73. The number of benzene rings is 1. The van der Waals surface area contributed by atoms with E-state index >= 15 is 0 Å².